The van der Waals surface area contributed by atoms with Crippen LogP contribution in [0.5, 0.6) is 0 Å². The molecule has 5 nitrogen and oxygen atoms in total. The van der Waals surface area contributed by atoms with Gasteiger partial charge in [-0.25, -0.2) is 0 Å². The molecule has 0 fully saturated rings. The van der Waals surface area contributed by atoms with Crippen molar-refractivity contribution in [2.45, 2.75) is 0 Å². The number of hydrogen-bond acceptors (Lipinski definition) is 4. The molecule has 0 bridgehead atoms. The lowest BCUT2D eigenvalue weighted by Gasteiger charge is -2.00. The predicted molar refractivity (Wildman–Crippen MR) is 48.3 cm³/mol. The Morgan fingerprint density at radius 2 is 2.14 bits per heavy atom. The standard InChI is InChI=1S/C9H7N3O2/c10-9(13)7-4-2-1-3-6(7)8-5-11-12-14-8/h1-5H,(H2,10,13). The Hall–Kier alpha value is -2.17. The van der Waals surface area contributed by atoms with E-state index in [4.69, 9.17) is 10.3 Å². The Morgan fingerprint density at radius 3 is 2.79 bits per heavy atom. The Morgan fingerprint density at radius 1 is 1.36 bits per heavy atom. The average Bonchev–Trinajstić information content (AvgIpc) is 2.70. The van der Waals surface area contributed by atoms with Crippen molar-refractivity contribution in [1.82, 2.24) is 10.4 Å². The molecule has 0 aliphatic rings. The molecule has 1 aromatic heterocycles. The van der Waals surface area contributed by atoms with Crippen molar-refractivity contribution in [3.8, 4) is 11.3 Å². The molecule has 5 heteroatoms. The Balaban J connectivity index is 2.58. The number of nitrogens with two attached hydrogens (primary N) is 1. The third-order valence-corrected chi connectivity index (χ3v) is 1.82. The maximum absolute atomic E-state index is 11.1. The molecular weight excluding hydrogens is 182 g/mol. The van der Waals surface area contributed by atoms with Gasteiger partial charge in [0.25, 0.3) is 0 Å². The summed E-state index contributed by atoms with van der Waals surface area (Å²) in [5.41, 5.74) is 6.20. The van der Waals surface area contributed by atoms with Crippen LogP contribution in [-0.4, -0.2) is 16.3 Å². The number of primary amides is 1. The fraction of sp³-hybridized carbons (Fsp3) is 0. The first-order chi connectivity index (χ1) is 6.79. The Bertz CT molecular complexity index is 451. The van der Waals surface area contributed by atoms with E-state index < -0.39 is 5.91 Å². The third-order valence-electron chi connectivity index (χ3n) is 1.82. The number of carbonyl (C=O) groups is 1. The largest absolute Gasteiger partial charge is 0.366 e. The van der Waals surface area contributed by atoms with Crippen LogP contribution in [0.1, 0.15) is 10.4 Å². The van der Waals surface area contributed by atoms with Gasteiger partial charge in [0, 0.05) is 10.8 Å². The van der Waals surface area contributed by atoms with Gasteiger partial charge in [0.15, 0.2) is 5.76 Å². The summed E-state index contributed by atoms with van der Waals surface area (Å²) in [5.74, 6) is -0.0728. The summed E-state index contributed by atoms with van der Waals surface area (Å²) in [4.78, 5) is 11.1. The molecule has 14 heavy (non-hydrogen) atoms. The van der Waals surface area contributed by atoms with E-state index in [1.54, 1.807) is 24.3 Å². The van der Waals surface area contributed by atoms with E-state index in [0.29, 0.717) is 16.9 Å². The highest BCUT2D eigenvalue weighted by Gasteiger charge is 2.11. The van der Waals surface area contributed by atoms with Crippen LogP contribution in [0.15, 0.2) is 35.0 Å². The molecule has 1 amide bonds. The molecule has 0 unspecified atom stereocenters. The first-order valence-electron chi connectivity index (χ1n) is 3.95. The van der Waals surface area contributed by atoms with E-state index in [9.17, 15) is 4.79 Å². The van der Waals surface area contributed by atoms with Gasteiger partial charge in [0.2, 0.25) is 5.91 Å². The van der Waals surface area contributed by atoms with E-state index in [2.05, 4.69) is 10.4 Å². The first kappa shape index (κ1) is 8.43. The summed E-state index contributed by atoms with van der Waals surface area (Å²) in [6, 6.07) is 6.86. The van der Waals surface area contributed by atoms with Gasteiger partial charge in [0.05, 0.1) is 11.8 Å². The second-order valence-electron chi connectivity index (χ2n) is 2.69. The number of hydrogen-bond donors (Lipinski definition) is 1. The number of benzene rings is 1. The maximum atomic E-state index is 11.1. The van der Waals surface area contributed by atoms with Gasteiger partial charge in [-0.15, -0.1) is 5.10 Å². The highest BCUT2D eigenvalue weighted by Crippen LogP contribution is 2.21. The molecule has 0 aliphatic carbocycles. The number of rotatable bonds is 2. The zero-order valence-electron chi connectivity index (χ0n) is 7.18. The van der Waals surface area contributed by atoms with Crippen LogP contribution in [-0.2, 0) is 0 Å². The minimum Gasteiger partial charge on any atom is -0.366 e. The molecule has 2 rings (SSSR count). The Kier molecular flexibility index (Phi) is 1.98. The molecule has 1 aromatic carbocycles. The molecule has 0 aliphatic heterocycles. The lowest BCUT2D eigenvalue weighted by Crippen LogP contribution is -2.11. The molecule has 70 valence electrons. The van der Waals surface area contributed by atoms with Crippen LogP contribution in [0, 0.1) is 0 Å². The van der Waals surface area contributed by atoms with Crippen molar-refractivity contribution in [1.29, 1.82) is 0 Å². The van der Waals surface area contributed by atoms with Crippen molar-refractivity contribution >= 4 is 5.91 Å². The highest BCUT2D eigenvalue weighted by molar-refractivity contribution is 5.99. The highest BCUT2D eigenvalue weighted by atomic mass is 16.5. The van der Waals surface area contributed by atoms with Crippen molar-refractivity contribution in [3.63, 3.8) is 0 Å². The average molecular weight is 189 g/mol. The van der Waals surface area contributed by atoms with E-state index in [1.165, 1.54) is 6.20 Å². The second kappa shape index (κ2) is 3.29. The number of amides is 1. The van der Waals surface area contributed by atoms with Gasteiger partial charge >= 0.3 is 0 Å². The Labute approximate surface area is 79.5 Å². The molecule has 2 aromatic rings. The van der Waals surface area contributed by atoms with Crippen LogP contribution in [0.4, 0.5) is 0 Å². The molecule has 0 atom stereocenters. The molecule has 2 N–H and O–H groups in total. The summed E-state index contributed by atoms with van der Waals surface area (Å²) in [7, 11) is 0. The predicted octanol–water partition coefficient (Wildman–Crippen LogP) is 0.836. The molecular formula is C9H7N3O2. The molecule has 0 spiro atoms. The zero-order chi connectivity index (χ0) is 9.97. The van der Waals surface area contributed by atoms with Crippen LogP contribution in [0.2, 0.25) is 0 Å². The third kappa shape index (κ3) is 1.35. The summed E-state index contributed by atoms with van der Waals surface area (Å²) >= 11 is 0. The van der Waals surface area contributed by atoms with Crippen LogP contribution in [0.3, 0.4) is 0 Å². The van der Waals surface area contributed by atoms with Crippen LogP contribution >= 0.6 is 0 Å². The van der Waals surface area contributed by atoms with Crippen molar-refractivity contribution in [2.24, 2.45) is 5.73 Å². The van der Waals surface area contributed by atoms with E-state index in [0.717, 1.165) is 0 Å². The van der Waals surface area contributed by atoms with Gasteiger partial charge < -0.3 is 10.3 Å². The summed E-state index contributed by atoms with van der Waals surface area (Å²) in [5, 5.41) is 6.85. The zero-order valence-corrected chi connectivity index (χ0v) is 7.18. The first-order valence-corrected chi connectivity index (χ1v) is 3.95. The smallest absolute Gasteiger partial charge is 0.249 e. The quantitative estimate of drug-likeness (QED) is 0.758. The van der Waals surface area contributed by atoms with Gasteiger partial charge in [-0.2, -0.15) is 0 Å². The lowest BCUT2D eigenvalue weighted by atomic mass is 10.1. The van der Waals surface area contributed by atoms with Gasteiger partial charge in [0.1, 0.15) is 0 Å². The fourth-order valence-electron chi connectivity index (χ4n) is 1.20. The van der Waals surface area contributed by atoms with Crippen molar-refractivity contribution < 1.29 is 9.32 Å². The maximum Gasteiger partial charge on any atom is 0.249 e. The minimum atomic E-state index is -0.503. The van der Waals surface area contributed by atoms with Crippen molar-refractivity contribution in [2.75, 3.05) is 0 Å². The second-order valence-corrected chi connectivity index (χ2v) is 2.69. The lowest BCUT2D eigenvalue weighted by molar-refractivity contribution is 0.100. The number of carbonyl (C=O) groups excluding carboxylic acids is 1. The summed E-state index contributed by atoms with van der Waals surface area (Å²) in [6.45, 7) is 0. The number of nitrogens with zero attached hydrogens (tertiary/aromatic N) is 2. The van der Waals surface area contributed by atoms with E-state index in [-0.39, 0.29) is 0 Å². The number of aromatic nitrogens is 2. The summed E-state index contributed by atoms with van der Waals surface area (Å²) < 4.78 is 4.84. The van der Waals surface area contributed by atoms with E-state index in [1.807, 2.05) is 0 Å². The van der Waals surface area contributed by atoms with E-state index >= 15 is 0 Å². The SMILES string of the molecule is NC(=O)c1ccccc1-c1cnno1. The molecule has 0 saturated heterocycles. The minimum absolute atomic E-state index is 0.394. The topological polar surface area (TPSA) is 82.0 Å². The fourth-order valence-corrected chi connectivity index (χ4v) is 1.20. The van der Waals surface area contributed by atoms with Crippen LogP contribution in [0.25, 0.3) is 11.3 Å². The molecule has 0 saturated carbocycles. The van der Waals surface area contributed by atoms with Gasteiger partial charge in [-0.05, 0) is 6.07 Å². The van der Waals surface area contributed by atoms with Crippen molar-refractivity contribution in [3.05, 3.63) is 36.0 Å². The normalized spacial score (nSPS) is 10.0. The van der Waals surface area contributed by atoms with Crippen LogP contribution < -0.4 is 5.73 Å². The monoisotopic (exact) mass is 189 g/mol. The molecule has 0 radical (unpaired) electrons. The summed E-state index contributed by atoms with van der Waals surface area (Å²) in [6.07, 6.45) is 1.43. The van der Waals surface area contributed by atoms with Gasteiger partial charge in [-0.3, -0.25) is 4.79 Å². The van der Waals surface area contributed by atoms with Gasteiger partial charge in [-0.1, -0.05) is 18.2 Å². The molecule has 1 heterocycles.